The van der Waals surface area contributed by atoms with Gasteiger partial charge in [-0.05, 0) is 67.3 Å². The number of likely N-dealkylation sites (tertiary alicyclic amines) is 1. The fraction of sp³-hybridized carbons (Fsp3) is 0.240. The van der Waals surface area contributed by atoms with Gasteiger partial charge in [0.2, 0.25) is 0 Å². The molecule has 0 aliphatic carbocycles. The van der Waals surface area contributed by atoms with Gasteiger partial charge in [-0.2, -0.15) is 0 Å². The number of ether oxygens (including phenoxy) is 1. The number of benzene rings is 3. The van der Waals surface area contributed by atoms with Crippen molar-refractivity contribution in [2.45, 2.75) is 17.7 Å². The average molecular weight is 469 g/mol. The molecule has 1 saturated heterocycles. The standard InChI is InChI=1S/C25H25FN2O4S/c26-23-8-4-5-9-24(23)27-33(30,31)22-12-10-20(11-13-22)25(29)28-16-14-19(15-17-28)18-32-21-6-2-1-3-7-21/h1-13,19,27H,14-18H2. The number of anilines is 1. The van der Waals surface area contributed by atoms with Crippen LogP contribution in [0.2, 0.25) is 0 Å². The summed E-state index contributed by atoms with van der Waals surface area (Å²) in [7, 11) is -3.97. The SMILES string of the molecule is O=C(c1ccc(S(=O)(=O)Nc2ccccc2F)cc1)N1CCC(COc2ccccc2)CC1. The smallest absolute Gasteiger partial charge is 0.261 e. The van der Waals surface area contributed by atoms with E-state index in [4.69, 9.17) is 4.74 Å². The van der Waals surface area contributed by atoms with Crippen molar-refractivity contribution in [3.05, 3.63) is 90.2 Å². The quantitative estimate of drug-likeness (QED) is 0.552. The zero-order chi connectivity index (χ0) is 23.3. The summed E-state index contributed by atoms with van der Waals surface area (Å²) < 4.78 is 47.0. The minimum atomic E-state index is -3.97. The number of hydrogen-bond acceptors (Lipinski definition) is 4. The van der Waals surface area contributed by atoms with Crippen LogP contribution >= 0.6 is 0 Å². The summed E-state index contributed by atoms with van der Waals surface area (Å²) >= 11 is 0. The van der Waals surface area contributed by atoms with Gasteiger partial charge in [0.05, 0.1) is 17.2 Å². The first-order chi connectivity index (χ1) is 15.9. The molecule has 172 valence electrons. The van der Waals surface area contributed by atoms with Crippen molar-refractivity contribution in [2.75, 3.05) is 24.4 Å². The van der Waals surface area contributed by atoms with Crippen molar-refractivity contribution < 1.29 is 22.3 Å². The van der Waals surface area contributed by atoms with E-state index in [-0.39, 0.29) is 16.5 Å². The Bertz CT molecular complexity index is 1190. The molecule has 0 unspecified atom stereocenters. The third-order valence-corrected chi connectivity index (χ3v) is 7.04. The first-order valence-corrected chi connectivity index (χ1v) is 12.3. The lowest BCUT2D eigenvalue weighted by molar-refractivity contribution is 0.0661. The Balaban J connectivity index is 1.32. The van der Waals surface area contributed by atoms with Gasteiger partial charge in [-0.1, -0.05) is 30.3 Å². The number of sulfonamides is 1. The number of carbonyl (C=O) groups is 1. The van der Waals surface area contributed by atoms with Gasteiger partial charge in [-0.25, -0.2) is 12.8 Å². The predicted octanol–water partition coefficient (Wildman–Crippen LogP) is 4.56. The van der Waals surface area contributed by atoms with Crippen LogP contribution in [0.5, 0.6) is 5.75 Å². The number of amides is 1. The molecular formula is C25H25FN2O4S. The van der Waals surface area contributed by atoms with Crippen molar-refractivity contribution in [2.24, 2.45) is 5.92 Å². The molecule has 0 bridgehead atoms. The Hall–Kier alpha value is -3.39. The lowest BCUT2D eigenvalue weighted by Gasteiger charge is -2.32. The van der Waals surface area contributed by atoms with Crippen LogP contribution < -0.4 is 9.46 Å². The number of carbonyl (C=O) groups excluding carboxylic acids is 1. The highest BCUT2D eigenvalue weighted by Crippen LogP contribution is 2.23. The molecule has 3 aromatic carbocycles. The summed E-state index contributed by atoms with van der Waals surface area (Å²) in [5.41, 5.74) is 0.288. The molecule has 3 aromatic rings. The summed E-state index contributed by atoms with van der Waals surface area (Å²) in [6.07, 6.45) is 1.69. The lowest BCUT2D eigenvalue weighted by atomic mass is 9.97. The van der Waals surface area contributed by atoms with Crippen LogP contribution in [-0.4, -0.2) is 38.9 Å². The van der Waals surface area contributed by atoms with Gasteiger partial charge in [0.1, 0.15) is 11.6 Å². The van der Waals surface area contributed by atoms with Crippen LogP contribution in [0.15, 0.2) is 83.8 Å². The maximum atomic E-state index is 13.8. The minimum absolute atomic E-state index is 0.0425. The molecule has 0 radical (unpaired) electrons. The number of nitrogens with zero attached hydrogens (tertiary/aromatic N) is 1. The molecule has 0 saturated carbocycles. The molecule has 0 aromatic heterocycles. The third kappa shape index (κ3) is 5.70. The highest BCUT2D eigenvalue weighted by atomic mass is 32.2. The van der Waals surface area contributed by atoms with E-state index in [1.54, 1.807) is 11.0 Å². The van der Waals surface area contributed by atoms with Gasteiger partial charge >= 0.3 is 0 Å². The number of piperidine rings is 1. The Morgan fingerprint density at radius 3 is 2.24 bits per heavy atom. The van der Waals surface area contributed by atoms with Gasteiger partial charge < -0.3 is 9.64 Å². The number of nitrogens with one attached hydrogen (secondary N) is 1. The van der Waals surface area contributed by atoms with E-state index >= 15 is 0 Å². The zero-order valence-electron chi connectivity index (χ0n) is 18.0. The maximum absolute atomic E-state index is 13.8. The second-order valence-corrected chi connectivity index (χ2v) is 9.65. The molecule has 6 nitrogen and oxygen atoms in total. The van der Waals surface area contributed by atoms with E-state index in [0.29, 0.717) is 31.2 Å². The fourth-order valence-corrected chi connectivity index (χ4v) is 4.81. The second-order valence-electron chi connectivity index (χ2n) is 7.97. The van der Waals surface area contributed by atoms with Gasteiger partial charge in [0.25, 0.3) is 15.9 Å². The van der Waals surface area contributed by atoms with E-state index in [1.165, 1.54) is 42.5 Å². The number of para-hydroxylation sites is 2. The summed E-state index contributed by atoms with van der Waals surface area (Å²) in [6, 6.07) is 20.9. The molecule has 33 heavy (non-hydrogen) atoms. The van der Waals surface area contributed by atoms with E-state index in [2.05, 4.69) is 4.72 Å². The van der Waals surface area contributed by atoms with E-state index < -0.39 is 15.8 Å². The Kier molecular flexibility index (Phi) is 6.93. The van der Waals surface area contributed by atoms with Gasteiger partial charge in [0.15, 0.2) is 0 Å². The fourth-order valence-electron chi connectivity index (χ4n) is 3.74. The summed E-state index contributed by atoms with van der Waals surface area (Å²) in [4.78, 5) is 14.6. The molecule has 0 atom stereocenters. The first-order valence-electron chi connectivity index (χ1n) is 10.8. The number of hydrogen-bond donors (Lipinski definition) is 1. The number of rotatable bonds is 7. The Morgan fingerprint density at radius 1 is 0.939 bits per heavy atom. The monoisotopic (exact) mass is 468 g/mol. The Morgan fingerprint density at radius 2 is 1.58 bits per heavy atom. The molecule has 0 spiro atoms. The maximum Gasteiger partial charge on any atom is 0.261 e. The highest BCUT2D eigenvalue weighted by molar-refractivity contribution is 7.92. The molecule has 1 aliphatic heterocycles. The lowest BCUT2D eigenvalue weighted by Crippen LogP contribution is -2.39. The molecule has 4 rings (SSSR count). The van der Waals surface area contributed by atoms with Crippen LogP contribution in [0.4, 0.5) is 10.1 Å². The third-order valence-electron chi connectivity index (χ3n) is 5.66. The minimum Gasteiger partial charge on any atom is -0.493 e. The van der Waals surface area contributed by atoms with E-state index in [9.17, 15) is 17.6 Å². The molecular weight excluding hydrogens is 443 g/mol. The van der Waals surface area contributed by atoms with E-state index in [1.807, 2.05) is 30.3 Å². The predicted molar refractivity (Wildman–Crippen MR) is 124 cm³/mol. The molecule has 1 heterocycles. The topological polar surface area (TPSA) is 75.7 Å². The van der Waals surface area contributed by atoms with Crippen LogP contribution in [0, 0.1) is 11.7 Å². The molecule has 1 N–H and O–H groups in total. The summed E-state index contributed by atoms with van der Waals surface area (Å²) in [5, 5.41) is 0. The highest BCUT2D eigenvalue weighted by Gasteiger charge is 2.25. The zero-order valence-corrected chi connectivity index (χ0v) is 18.8. The van der Waals surface area contributed by atoms with Gasteiger partial charge in [0, 0.05) is 18.7 Å². The number of halogens is 1. The average Bonchev–Trinajstić information content (AvgIpc) is 2.85. The summed E-state index contributed by atoms with van der Waals surface area (Å²) in [5.74, 6) is 0.427. The molecule has 1 amide bonds. The van der Waals surface area contributed by atoms with Crippen LogP contribution in [0.3, 0.4) is 0 Å². The van der Waals surface area contributed by atoms with Crippen molar-refractivity contribution in [1.29, 1.82) is 0 Å². The normalized spacial score (nSPS) is 14.6. The summed E-state index contributed by atoms with van der Waals surface area (Å²) in [6.45, 7) is 1.86. The van der Waals surface area contributed by atoms with Crippen LogP contribution in [-0.2, 0) is 10.0 Å². The van der Waals surface area contributed by atoms with Crippen molar-refractivity contribution in [3.63, 3.8) is 0 Å². The van der Waals surface area contributed by atoms with E-state index in [0.717, 1.165) is 18.6 Å². The van der Waals surface area contributed by atoms with Gasteiger partial charge in [-0.3, -0.25) is 9.52 Å². The van der Waals surface area contributed by atoms with Crippen LogP contribution in [0.25, 0.3) is 0 Å². The van der Waals surface area contributed by atoms with Crippen molar-refractivity contribution >= 4 is 21.6 Å². The molecule has 1 aliphatic rings. The van der Waals surface area contributed by atoms with Gasteiger partial charge in [-0.15, -0.1) is 0 Å². The first kappa shape index (κ1) is 22.8. The van der Waals surface area contributed by atoms with Crippen molar-refractivity contribution in [3.8, 4) is 5.75 Å². The van der Waals surface area contributed by atoms with Crippen LogP contribution in [0.1, 0.15) is 23.2 Å². The molecule has 8 heteroatoms. The largest absolute Gasteiger partial charge is 0.493 e. The Labute approximate surface area is 193 Å². The molecule has 1 fully saturated rings. The second kappa shape index (κ2) is 10.0. The van der Waals surface area contributed by atoms with Crippen molar-refractivity contribution in [1.82, 2.24) is 4.90 Å².